The van der Waals surface area contributed by atoms with Gasteiger partial charge in [-0.25, -0.2) is 9.78 Å². The molecule has 0 spiro atoms. The lowest BCUT2D eigenvalue weighted by Crippen LogP contribution is -2.57. The van der Waals surface area contributed by atoms with Gasteiger partial charge in [-0.1, -0.05) is 6.42 Å². The third-order valence-electron chi connectivity index (χ3n) is 8.01. The van der Waals surface area contributed by atoms with E-state index in [-0.39, 0.29) is 30.0 Å². The number of likely N-dealkylation sites (tertiary alicyclic amines) is 1. The van der Waals surface area contributed by atoms with Crippen molar-refractivity contribution in [2.24, 2.45) is 5.92 Å². The van der Waals surface area contributed by atoms with E-state index in [2.05, 4.69) is 15.2 Å². The summed E-state index contributed by atoms with van der Waals surface area (Å²) in [5.74, 6) is 0.812. The van der Waals surface area contributed by atoms with Crippen LogP contribution >= 0.6 is 0 Å². The van der Waals surface area contributed by atoms with Gasteiger partial charge in [0.05, 0.1) is 17.6 Å². The van der Waals surface area contributed by atoms with Gasteiger partial charge in [0, 0.05) is 50.2 Å². The minimum atomic E-state index is -0.525. The summed E-state index contributed by atoms with van der Waals surface area (Å²) < 4.78 is 11.4. The molecule has 1 aliphatic carbocycles. The highest BCUT2D eigenvalue weighted by Gasteiger charge is 2.36. The van der Waals surface area contributed by atoms with Crippen LogP contribution in [0.1, 0.15) is 72.6 Å². The topological polar surface area (TPSA) is 113 Å². The molecule has 4 rings (SSSR count). The zero-order chi connectivity index (χ0) is 28.0. The summed E-state index contributed by atoms with van der Waals surface area (Å²) in [5.41, 5.74) is 7.15. The van der Waals surface area contributed by atoms with Gasteiger partial charge in [0.2, 0.25) is 11.8 Å². The Morgan fingerprint density at radius 1 is 1.08 bits per heavy atom. The average Bonchev–Trinajstić information content (AvgIpc) is 2.90. The zero-order valence-electron chi connectivity index (χ0n) is 24.3. The molecule has 2 aliphatic heterocycles. The molecule has 3 N–H and O–H groups in total. The molecule has 1 aromatic rings. The second-order valence-corrected chi connectivity index (χ2v) is 12.4. The van der Waals surface area contributed by atoms with E-state index in [9.17, 15) is 9.59 Å². The number of hydrogen-bond acceptors (Lipinski definition) is 8. The summed E-state index contributed by atoms with van der Waals surface area (Å²) in [6.07, 6.45) is 8.68. The van der Waals surface area contributed by atoms with Crippen molar-refractivity contribution >= 4 is 23.4 Å². The molecular weight excluding hydrogens is 496 g/mol. The molecule has 1 atom stereocenters. The maximum Gasteiger partial charge on any atom is 0.410 e. The van der Waals surface area contributed by atoms with Crippen molar-refractivity contribution in [2.75, 3.05) is 56.9 Å². The summed E-state index contributed by atoms with van der Waals surface area (Å²) >= 11 is 0. The number of anilines is 2. The Bertz CT molecular complexity index is 969. The van der Waals surface area contributed by atoms with Crippen LogP contribution in [0.15, 0.2) is 12.3 Å². The van der Waals surface area contributed by atoms with Gasteiger partial charge in [-0.2, -0.15) is 0 Å². The van der Waals surface area contributed by atoms with E-state index in [1.165, 1.54) is 19.3 Å². The fourth-order valence-corrected chi connectivity index (χ4v) is 5.83. The predicted octanol–water partition coefficient (Wildman–Crippen LogP) is 3.97. The summed E-state index contributed by atoms with van der Waals surface area (Å²) in [4.78, 5) is 36.3. The molecule has 3 aliphatic rings. The molecule has 1 saturated carbocycles. The number of carbonyl (C=O) groups excluding carboxylic acids is 2. The second-order valence-electron chi connectivity index (χ2n) is 12.4. The largest absolute Gasteiger partial charge is 0.476 e. The Hall–Kier alpha value is -2.75. The van der Waals surface area contributed by atoms with E-state index in [1.807, 2.05) is 38.7 Å². The number of nitrogens with two attached hydrogens (primary N) is 1. The molecule has 3 heterocycles. The fraction of sp³-hybridized carbons (Fsp3) is 0.759. The van der Waals surface area contributed by atoms with Gasteiger partial charge >= 0.3 is 6.09 Å². The van der Waals surface area contributed by atoms with Crippen molar-refractivity contribution in [3.05, 3.63) is 12.3 Å². The third-order valence-corrected chi connectivity index (χ3v) is 8.01. The average molecular weight is 545 g/mol. The smallest absolute Gasteiger partial charge is 0.410 e. The Morgan fingerprint density at radius 2 is 1.79 bits per heavy atom. The Labute approximate surface area is 233 Å². The fourth-order valence-electron chi connectivity index (χ4n) is 5.83. The van der Waals surface area contributed by atoms with Crippen LogP contribution in [-0.4, -0.2) is 95.2 Å². The summed E-state index contributed by atoms with van der Waals surface area (Å²) in [7, 11) is 0. The van der Waals surface area contributed by atoms with Gasteiger partial charge in [-0.15, -0.1) is 0 Å². The summed E-state index contributed by atoms with van der Waals surface area (Å²) in [6.45, 7) is 13.0. The number of pyridine rings is 1. The number of ether oxygens (including phenoxy) is 2. The summed E-state index contributed by atoms with van der Waals surface area (Å²) in [5, 5.41) is 3.58. The first-order chi connectivity index (χ1) is 18.6. The molecule has 1 aromatic heterocycles. The van der Waals surface area contributed by atoms with Gasteiger partial charge in [0.1, 0.15) is 12.2 Å². The number of piperazine rings is 1. The minimum absolute atomic E-state index is 0.0158. The third kappa shape index (κ3) is 8.37. The molecule has 2 saturated heterocycles. The molecule has 10 nitrogen and oxygen atoms in total. The minimum Gasteiger partial charge on any atom is -0.476 e. The quantitative estimate of drug-likeness (QED) is 0.530. The molecule has 10 heteroatoms. The SMILES string of the molecule is C[C@@H]1CN(C(=O)OC(C)(C)C)CCN1C(=O)C1CCC(Nc2cc(OCCN3CCCCC3)ncc2N)CC1. The van der Waals surface area contributed by atoms with E-state index in [0.717, 1.165) is 51.0 Å². The van der Waals surface area contributed by atoms with Crippen LogP contribution in [0, 0.1) is 5.92 Å². The highest BCUT2D eigenvalue weighted by Crippen LogP contribution is 2.31. The summed E-state index contributed by atoms with van der Waals surface area (Å²) in [6, 6.07) is 2.12. The van der Waals surface area contributed by atoms with E-state index in [0.29, 0.717) is 37.8 Å². The molecule has 39 heavy (non-hydrogen) atoms. The molecule has 218 valence electrons. The maximum absolute atomic E-state index is 13.4. The second kappa shape index (κ2) is 13.1. The van der Waals surface area contributed by atoms with Crippen LogP contribution < -0.4 is 15.8 Å². The van der Waals surface area contributed by atoms with Gasteiger partial charge in [-0.05, 0) is 79.3 Å². The first-order valence-corrected chi connectivity index (χ1v) is 14.7. The molecule has 3 fully saturated rings. The standard InChI is InChI=1S/C29H48N6O4/c1-21-20-34(28(37)39-29(2,3)4)14-15-35(21)27(36)22-8-10-23(11-9-22)32-25-18-26(31-19-24(25)30)38-17-16-33-12-6-5-7-13-33/h18-19,21-23H,5-17,20,30H2,1-4H3,(H,31,32)/t21-,22?,23?/m1/s1. The van der Waals surface area contributed by atoms with E-state index in [4.69, 9.17) is 15.2 Å². The van der Waals surface area contributed by atoms with Crippen LogP contribution in [0.25, 0.3) is 0 Å². The molecule has 0 aromatic carbocycles. The molecule has 0 radical (unpaired) electrons. The monoisotopic (exact) mass is 544 g/mol. The van der Waals surface area contributed by atoms with Crippen molar-refractivity contribution in [3.63, 3.8) is 0 Å². The number of nitrogens with zero attached hydrogens (tertiary/aromatic N) is 4. The zero-order valence-corrected chi connectivity index (χ0v) is 24.3. The number of nitrogens with one attached hydrogen (secondary N) is 1. The Morgan fingerprint density at radius 3 is 2.46 bits per heavy atom. The number of amides is 2. The van der Waals surface area contributed by atoms with Crippen LogP contribution in [0.2, 0.25) is 0 Å². The van der Waals surface area contributed by atoms with Crippen LogP contribution in [0.3, 0.4) is 0 Å². The van der Waals surface area contributed by atoms with Crippen molar-refractivity contribution < 1.29 is 19.1 Å². The number of nitrogen functional groups attached to an aromatic ring is 1. The van der Waals surface area contributed by atoms with Crippen molar-refractivity contribution in [1.82, 2.24) is 19.7 Å². The van der Waals surface area contributed by atoms with Crippen LogP contribution in [0.5, 0.6) is 5.88 Å². The highest BCUT2D eigenvalue weighted by molar-refractivity contribution is 5.80. The Kier molecular flexibility index (Phi) is 9.80. The number of hydrogen-bond donors (Lipinski definition) is 2. The number of aromatic nitrogens is 1. The van der Waals surface area contributed by atoms with E-state index >= 15 is 0 Å². The first-order valence-electron chi connectivity index (χ1n) is 14.7. The van der Waals surface area contributed by atoms with Gasteiger partial charge in [0.15, 0.2) is 0 Å². The van der Waals surface area contributed by atoms with Crippen LogP contribution in [-0.2, 0) is 9.53 Å². The van der Waals surface area contributed by atoms with Gasteiger partial charge in [-0.3, -0.25) is 9.69 Å². The van der Waals surface area contributed by atoms with Gasteiger partial charge in [0.25, 0.3) is 0 Å². The lowest BCUT2D eigenvalue weighted by Gasteiger charge is -2.42. The number of piperidine rings is 1. The molecule has 2 amide bonds. The molecule has 0 unspecified atom stereocenters. The molecule has 0 bridgehead atoms. The normalized spacial score (nSPS) is 24.8. The predicted molar refractivity (Wildman–Crippen MR) is 153 cm³/mol. The van der Waals surface area contributed by atoms with Crippen LogP contribution in [0.4, 0.5) is 16.2 Å². The van der Waals surface area contributed by atoms with Crippen molar-refractivity contribution in [3.8, 4) is 5.88 Å². The molecular formula is C29H48N6O4. The Balaban J connectivity index is 1.22. The number of carbonyl (C=O) groups is 2. The van der Waals surface area contributed by atoms with Crippen molar-refractivity contribution in [1.29, 1.82) is 0 Å². The maximum atomic E-state index is 13.4. The highest BCUT2D eigenvalue weighted by atomic mass is 16.6. The van der Waals surface area contributed by atoms with Gasteiger partial charge < -0.3 is 30.3 Å². The first kappa shape index (κ1) is 29.2. The number of rotatable bonds is 7. The van der Waals surface area contributed by atoms with E-state index in [1.54, 1.807) is 11.1 Å². The van der Waals surface area contributed by atoms with E-state index < -0.39 is 5.60 Å². The lowest BCUT2D eigenvalue weighted by molar-refractivity contribution is -0.141. The lowest BCUT2D eigenvalue weighted by atomic mass is 9.84. The van der Waals surface area contributed by atoms with Crippen molar-refractivity contribution in [2.45, 2.75) is 90.3 Å².